The number of nitrogens with one attached hydrogen (secondary N) is 1. The Balaban J connectivity index is 0.00000441. The number of allylic oxidation sites excluding steroid dienone is 1. The first-order chi connectivity index (χ1) is 9.74. The number of carbonyl (C=O) groups excluding carboxylic acids is 3. The molecule has 0 radical (unpaired) electrons. The Labute approximate surface area is 133 Å². The van der Waals surface area contributed by atoms with Crippen LogP contribution in [0.4, 0.5) is 4.79 Å². The van der Waals surface area contributed by atoms with E-state index in [1.165, 1.54) is 13.1 Å². The number of imide groups is 2. The maximum absolute atomic E-state index is 12.4. The molecular formula is C12H19ClN6O3. The van der Waals surface area contributed by atoms with Crippen LogP contribution in [0.2, 0.25) is 0 Å². The van der Waals surface area contributed by atoms with Crippen molar-refractivity contribution in [2.75, 3.05) is 7.05 Å². The lowest BCUT2D eigenvalue weighted by Crippen LogP contribution is -2.63. The van der Waals surface area contributed by atoms with Crippen molar-refractivity contribution in [3.63, 3.8) is 0 Å². The average molecular weight is 331 g/mol. The smallest absolute Gasteiger partial charge is 0.330 e. The fourth-order valence-electron chi connectivity index (χ4n) is 2.08. The molecule has 1 atom stereocenters. The van der Waals surface area contributed by atoms with Crippen LogP contribution < -0.4 is 16.8 Å². The first-order valence-corrected chi connectivity index (χ1v) is 6.11. The van der Waals surface area contributed by atoms with Crippen LogP contribution in [0.15, 0.2) is 22.9 Å². The van der Waals surface area contributed by atoms with E-state index in [4.69, 9.17) is 11.5 Å². The summed E-state index contributed by atoms with van der Waals surface area (Å²) in [4.78, 5) is 36.9. The molecule has 4 amide bonds. The molecule has 1 aliphatic heterocycles. The zero-order valence-corrected chi connectivity index (χ0v) is 13.1. The predicted octanol–water partition coefficient (Wildman–Crippen LogP) is -0.282. The summed E-state index contributed by atoms with van der Waals surface area (Å²) < 4.78 is 0. The molecular weight excluding hydrogens is 312 g/mol. The molecule has 1 rings (SSSR count). The summed E-state index contributed by atoms with van der Waals surface area (Å²) >= 11 is 0. The molecule has 1 heterocycles. The van der Waals surface area contributed by atoms with Crippen LogP contribution in [0, 0.1) is 5.41 Å². The van der Waals surface area contributed by atoms with Crippen molar-refractivity contribution in [2.45, 2.75) is 19.8 Å². The molecule has 22 heavy (non-hydrogen) atoms. The van der Waals surface area contributed by atoms with E-state index >= 15 is 0 Å². The molecule has 0 aliphatic carbocycles. The molecule has 0 aromatic heterocycles. The number of nitrogens with two attached hydrogens (primary N) is 2. The summed E-state index contributed by atoms with van der Waals surface area (Å²) in [6, 6.07) is -0.761. The SMILES string of the molecule is C=CCC1(C/C(C)=N/N=C(N)N)C(=O)NC(=O)N(C)C1=O.Cl. The number of guanidine groups is 1. The van der Waals surface area contributed by atoms with Gasteiger partial charge in [-0.15, -0.1) is 24.1 Å². The van der Waals surface area contributed by atoms with Crippen LogP contribution in [0.25, 0.3) is 0 Å². The molecule has 10 heteroatoms. The summed E-state index contributed by atoms with van der Waals surface area (Å²) in [6.45, 7) is 5.13. The van der Waals surface area contributed by atoms with E-state index in [0.717, 1.165) is 4.90 Å². The number of amides is 4. The molecule has 122 valence electrons. The van der Waals surface area contributed by atoms with E-state index in [9.17, 15) is 14.4 Å². The van der Waals surface area contributed by atoms with Crippen molar-refractivity contribution >= 4 is 41.9 Å². The van der Waals surface area contributed by atoms with Gasteiger partial charge in [0.15, 0.2) is 0 Å². The molecule has 0 saturated carbocycles. The Morgan fingerprint density at radius 1 is 1.36 bits per heavy atom. The lowest BCUT2D eigenvalue weighted by molar-refractivity contribution is -0.150. The van der Waals surface area contributed by atoms with Crippen molar-refractivity contribution in [3.8, 4) is 0 Å². The van der Waals surface area contributed by atoms with Gasteiger partial charge in [-0.25, -0.2) is 4.79 Å². The first kappa shape index (κ1) is 19.6. The van der Waals surface area contributed by atoms with Crippen LogP contribution in [0.1, 0.15) is 19.8 Å². The van der Waals surface area contributed by atoms with E-state index in [1.54, 1.807) is 6.92 Å². The monoisotopic (exact) mass is 330 g/mol. The normalized spacial score (nSPS) is 21.8. The molecule has 1 aliphatic rings. The minimum atomic E-state index is -1.48. The highest BCUT2D eigenvalue weighted by molar-refractivity contribution is 6.20. The van der Waals surface area contributed by atoms with Gasteiger partial charge in [0.2, 0.25) is 17.8 Å². The van der Waals surface area contributed by atoms with Gasteiger partial charge in [0.05, 0.1) is 0 Å². The largest absolute Gasteiger partial charge is 0.369 e. The van der Waals surface area contributed by atoms with Crippen LogP contribution >= 0.6 is 12.4 Å². The highest BCUT2D eigenvalue weighted by Crippen LogP contribution is 2.33. The third kappa shape index (κ3) is 3.82. The van der Waals surface area contributed by atoms with E-state index in [1.807, 2.05) is 0 Å². The second-order valence-electron chi connectivity index (χ2n) is 4.74. The van der Waals surface area contributed by atoms with Crippen molar-refractivity contribution in [2.24, 2.45) is 27.1 Å². The number of hydrogen-bond acceptors (Lipinski definition) is 5. The third-order valence-electron chi connectivity index (χ3n) is 3.06. The molecule has 9 nitrogen and oxygen atoms in total. The van der Waals surface area contributed by atoms with Crippen molar-refractivity contribution in [3.05, 3.63) is 12.7 Å². The lowest BCUT2D eigenvalue weighted by Gasteiger charge is -2.37. The van der Waals surface area contributed by atoms with Crippen LogP contribution in [0.5, 0.6) is 0 Å². The number of hydrogen-bond donors (Lipinski definition) is 3. The Kier molecular flexibility index (Phi) is 6.72. The quantitative estimate of drug-likeness (QED) is 0.209. The van der Waals surface area contributed by atoms with Gasteiger partial charge in [0, 0.05) is 19.2 Å². The number of rotatable bonds is 5. The Hall–Kier alpha value is -2.42. The van der Waals surface area contributed by atoms with Crippen LogP contribution in [-0.2, 0) is 9.59 Å². The molecule has 1 fully saturated rings. The second kappa shape index (κ2) is 7.55. The molecule has 0 aromatic rings. The third-order valence-corrected chi connectivity index (χ3v) is 3.06. The summed E-state index contributed by atoms with van der Waals surface area (Å²) in [5, 5.41) is 9.36. The number of urea groups is 1. The highest BCUT2D eigenvalue weighted by atomic mass is 35.5. The molecule has 0 bridgehead atoms. The van der Waals surface area contributed by atoms with Crippen molar-refractivity contribution in [1.82, 2.24) is 10.2 Å². The standard InChI is InChI=1S/C12H18N6O3.ClH/c1-4-5-12(6-7(2)16-17-10(13)14)8(19)15-11(21)18(3)9(12)20;/h4H,1,5-6H2,2-3H3,(H4,13,14,17)(H,15,19,21);1H/b16-7+;. The molecule has 5 N–H and O–H groups in total. The van der Waals surface area contributed by atoms with Gasteiger partial charge >= 0.3 is 6.03 Å². The summed E-state index contributed by atoms with van der Waals surface area (Å²) in [6.07, 6.45) is 1.47. The minimum absolute atomic E-state index is 0. The average Bonchev–Trinajstić information content (AvgIpc) is 2.41. The summed E-state index contributed by atoms with van der Waals surface area (Å²) in [5.74, 6) is -1.54. The van der Waals surface area contributed by atoms with Crippen LogP contribution in [0.3, 0.4) is 0 Å². The summed E-state index contributed by atoms with van der Waals surface area (Å²) in [5.41, 5.74) is 9.23. The fourth-order valence-corrected chi connectivity index (χ4v) is 2.08. The Morgan fingerprint density at radius 3 is 2.45 bits per heavy atom. The lowest BCUT2D eigenvalue weighted by atomic mass is 9.76. The predicted molar refractivity (Wildman–Crippen MR) is 84.3 cm³/mol. The zero-order valence-electron chi connectivity index (χ0n) is 12.3. The van der Waals surface area contributed by atoms with E-state index < -0.39 is 23.3 Å². The van der Waals surface area contributed by atoms with Gasteiger partial charge in [-0.2, -0.15) is 5.10 Å². The number of halogens is 1. The highest BCUT2D eigenvalue weighted by Gasteiger charge is 2.52. The van der Waals surface area contributed by atoms with Crippen molar-refractivity contribution < 1.29 is 14.4 Å². The van der Waals surface area contributed by atoms with Gasteiger partial charge in [-0.1, -0.05) is 6.08 Å². The van der Waals surface area contributed by atoms with Gasteiger partial charge in [-0.3, -0.25) is 19.8 Å². The molecule has 0 aromatic carbocycles. The van der Waals surface area contributed by atoms with Gasteiger partial charge < -0.3 is 11.5 Å². The molecule has 0 spiro atoms. The Bertz CT molecular complexity index is 555. The van der Waals surface area contributed by atoms with Crippen LogP contribution in [-0.4, -0.2) is 41.5 Å². The van der Waals surface area contributed by atoms with E-state index in [2.05, 4.69) is 22.1 Å². The second-order valence-corrected chi connectivity index (χ2v) is 4.74. The zero-order chi connectivity index (χ0) is 16.2. The molecule has 1 unspecified atom stereocenters. The number of carbonyl (C=O) groups is 3. The topological polar surface area (TPSA) is 143 Å². The first-order valence-electron chi connectivity index (χ1n) is 6.11. The maximum Gasteiger partial charge on any atom is 0.330 e. The summed E-state index contributed by atoms with van der Waals surface area (Å²) in [7, 11) is 1.30. The maximum atomic E-state index is 12.4. The van der Waals surface area contributed by atoms with Gasteiger partial charge in [0.25, 0.3) is 0 Å². The minimum Gasteiger partial charge on any atom is -0.369 e. The fraction of sp³-hybridized carbons (Fsp3) is 0.417. The van der Waals surface area contributed by atoms with E-state index in [0.29, 0.717) is 5.71 Å². The molecule has 1 saturated heterocycles. The van der Waals surface area contributed by atoms with Gasteiger partial charge in [-0.05, 0) is 13.3 Å². The van der Waals surface area contributed by atoms with E-state index in [-0.39, 0.29) is 31.2 Å². The van der Waals surface area contributed by atoms with Gasteiger partial charge in [0.1, 0.15) is 5.41 Å². The Morgan fingerprint density at radius 2 is 1.95 bits per heavy atom. The number of nitrogens with zero attached hydrogens (tertiary/aromatic N) is 3. The number of barbiturate groups is 1. The van der Waals surface area contributed by atoms with Crippen molar-refractivity contribution in [1.29, 1.82) is 0 Å².